The molecule has 1 N–H and O–H groups in total. The van der Waals surface area contributed by atoms with Crippen molar-refractivity contribution in [3.05, 3.63) is 12.2 Å². The van der Waals surface area contributed by atoms with Gasteiger partial charge < -0.3 is 14.6 Å². The van der Waals surface area contributed by atoms with Gasteiger partial charge in [0, 0.05) is 30.3 Å². The molecule has 1 saturated heterocycles. The summed E-state index contributed by atoms with van der Waals surface area (Å²) in [5, 5.41) is 11.0. The lowest BCUT2D eigenvalue weighted by molar-refractivity contribution is -0.227. The molecule has 3 saturated carbocycles. The molecule has 5 nitrogen and oxygen atoms in total. The molecule has 0 radical (unpaired) electrons. The van der Waals surface area contributed by atoms with E-state index in [9.17, 15) is 14.7 Å². The van der Waals surface area contributed by atoms with Gasteiger partial charge in [-0.15, -0.1) is 0 Å². The highest BCUT2D eigenvalue weighted by Gasteiger charge is 2.79. The smallest absolute Gasteiger partial charge is 0.334 e. The van der Waals surface area contributed by atoms with Crippen LogP contribution in [0.25, 0.3) is 0 Å². The Bertz CT molecular complexity index is 598. The molecule has 0 aromatic rings. The van der Waals surface area contributed by atoms with Gasteiger partial charge in [0.15, 0.2) is 0 Å². The van der Waals surface area contributed by atoms with Gasteiger partial charge in [-0.25, -0.2) is 4.79 Å². The van der Waals surface area contributed by atoms with E-state index in [0.717, 1.165) is 6.42 Å². The van der Waals surface area contributed by atoms with Crippen LogP contribution in [-0.4, -0.2) is 34.9 Å². The molecule has 4 rings (SSSR count). The van der Waals surface area contributed by atoms with Gasteiger partial charge in [0.05, 0.1) is 0 Å². The van der Waals surface area contributed by atoms with Crippen LogP contribution in [0, 0.1) is 29.1 Å². The Balaban J connectivity index is 1.81. The van der Waals surface area contributed by atoms with Crippen molar-refractivity contribution in [3.63, 3.8) is 0 Å². The summed E-state index contributed by atoms with van der Waals surface area (Å²) in [5.41, 5.74) is -0.505. The Morgan fingerprint density at radius 2 is 2.18 bits per heavy atom. The van der Waals surface area contributed by atoms with Crippen LogP contribution in [0.5, 0.6) is 0 Å². The molecule has 4 fully saturated rings. The molecule has 0 amide bonds. The fourth-order valence-corrected chi connectivity index (χ4v) is 5.73. The van der Waals surface area contributed by atoms with Crippen LogP contribution in [-0.2, 0) is 19.1 Å². The summed E-state index contributed by atoms with van der Waals surface area (Å²) in [6, 6.07) is 0. The lowest BCUT2D eigenvalue weighted by Crippen LogP contribution is -2.65. The summed E-state index contributed by atoms with van der Waals surface area (Å²) < 4.78 is 11.3. The maximum Gasteiger partial charge on any atom is 0.334 e. The predicted molar refractivity (Wildman–Crippen MR) is 76.5 cm³/mol. The lowest BCUT2D eigenvalue weighted by atomic mass is 9.60. The number of rotatable bonds is 1. The van der Waals surface area contributed by atoms with Crippen LogP contribution in [0.1, 0.15) is 33.6 Å². The van der Waals surface area contributed by atoms with Gasteiger partial charge in [0.1, 0.15) is 17.8 Å². The molecular weight excluding hydrogens is 284 g/mol. The molecule has 8 unspecified atom stereocenters. The molecule has 0 aromatic carbocycles. The van der Waals surface area contributed by atoms with Crippen LogP contribution in [0.2, 0.25) is 0 Å². The van der Waals surface area contributed by atoms with E-state index in [2.05, 4.69) is 13.5 Å². The van der Waals surface area contributed by atoms with E-state index < -0.39 is 17.7 Å². The van der Waals surface area contributed by atoms with E-state index in [-0.39, 0.29) is 41.2 Å². The summed E-state index contributed by atoms with van der Waals surface area (Å²) in [5.74, 6) is -0.848. The third-order valence-corrected chi connectivity index (χ3v) is 6.91. The zero-order valence-electron chi connectivity index (χ0n) is 13.2. The SMILES string of the molecule is C=C1C(=O)OC23C(C)C(OC(C)=O)CC2C2(C)CC2C1C3O. The molecule has 8 atom stereocenters. The fourth-order valence-electron chi connectivity index (χ4n) is 5.73. The Labute approximate surface area is 129 Å². The number of hydrogen-bond acceptors (Lipinski definition) is 5. The molecule has 3 aliphatic carbocycles. The maximum absolute atomic E-state index is 12.3. The molecule has 1 aliphatic heterocycles. The summed E-state index contributed by atoms with van der Waals surface area (Å²) >= 11 is 0. The Morgan fingerprint density at radius 1 is 1.50 bits per heavy atom. The number of aliphatic hydroxyl groups excluding tert-OH is 1. The van der Waals surface area contributed by atoms with Gasteiger partial charge in [-0.05, 0) is 24.2 Å². The molecule has 1 heterocycles. The Hall–Kier alpha value is -1.36. The summed E-state index contributed by atoms with van der Waals surface area (Å²) in [7, 11) is 0. The minimum absolute atomic E-state index is 0.0349. The minimum Gasteiger partial charge on any atom is -0.462 e. The standard InChI is InChI=1S/C17H22O5/c1-7-13-10-6-16(10,4)12-5-11(21-9(3)18)8(2)17(12,14(13)19)22-15(7)20/h8,10-14,19H,1,5-6H2,2-4H3. The number of fused-ring (bicyclic) bond motifs is 4. The molecular formula is C17H22O5. The van der Waals surface area contributed by atoms with Gasteiger partial charge in [-0.2, -0.15) is 0 Å². The van der Waals surface area contributed by atoms with Gasteiger partial charge in [0.25, 0.3) is 0 Å². The molecule has 120 valence electrons. The third kappa shape index (κ3) is 1.39. The number of aliphatic hydroxyl groups is 1. The number of carbonyl (C=O) groups is 2. The van der Waals surface area contributed by atoms with Crippen molar-refractivity contribution in [2.75, 3.05) is 0 Å². The summed E-state index contributed by atoms with van der Waals surface area (Å²) in [6.07, 6.45) is 0.556. The lowest BCUT2D eigenvalue weighted by Gasteiger charge is -2.54. The second kappa shape index (κ2) is 3.94. The van der Waals surface area contributed by atoms with E-state index in [0.29, 0.717) is 12.0 Å². The largest absolute Gasteiger partial charge is 0.462 e. The van der Waals surface area contributed by atoms with Gasteiger partial charge in [-0.1, -0.05) is 20.4 Å². The van der Waals surface area contributed by atoms with Gasteiger partial charge in [0.2, 0.25) is 0 Å². The number of carbonyl (C=O) groups excluding carboxylic acids is 2. The molecule has 4 aliphatic rings. The topological polar surface area (TPSA) is 72.8 Å². The van der Waals surface area contributed by atoms with Gasteiger partial charge in [-0.3, -0.25) is 4.79 Å². The second-order valence-electron chi connectivity index (χ2n) is 7.78. The first-order valence-electron chi connectivity index (χ1n) is 8.01. The van der Waals surface area contributed by atoms with Gasteiger partial charge >= 0.3 is 11.9 Å². The highest BCUT2D eigenvalue weighted by molar-refractivity contribution is 5.90. The fraction of sp³-hybridized carbons (Fsp3) is 0.765. The highest BCUT2D eigenvalue weighted by atomic mass is 16.6. The number of ether oxygens (including phenoxy) is 2. The van der Waals surface area contributed by atoms with E-state index in [1.54, 1.807) is 0 Å². The molecule has 2 bridgehead atoms. The van der Waals surface area contributed by atoms with Crippen molar-refractivity contribution in [2.24, 2.45) is 29.1 Å². The summed E-state index contributed by atoms with van der Waals surface area (Å²) in [6.45, 7) is 9.37. The summed E-state index contributed by atoms with van der Waals surface area (Å²) in [4.78, 5) is 23.7. The average molecular weight is 306 g/mol. The zero-order valence-corrected chi connectivity index (χ0v) is 13.2. The molecule has 5 heteroatoms. The molecule has 22 heavy (non-hydrogen) atoms. The Morgan fingerprint density at radius 3 is 2.82 bits per heavy atom. The first-order valence-corrected chi connectivity index (χ1v) is 8.01. The monoisotopic (exact) mass is 306 g/mol. The van der Waals surface area contributed by atoms with Crippen molar-refractivity contribution in [3.8, 4) is 0 Å². The highest BCUT2D eigenvalue weighted by Crippen LogP contribution is 2.75. The molecule has 1 spiro atoms. The van der Waals surface area contributed by atoms with Crippen molar-refractivity contribution in [2.45, 2.75) is 51.4 Å². The van der Waals surface area contributed by atoms with Crippen LogP contribution in [0.3, 0.4) is 0 Å². The Kier molecular flexibility index (Phi) is 2.55. The van der Waals surface area contributed by atoms with E-state index in [1.807, 2.05) is 6.92 Å². The second-order valence-corrected chi connectivity index (χ2v) is 7.78. The zero-order chi connectivity index (χ0) is 16.0. The van der Waals surface area contributed by atoms with Crippen molar-refractivity contribution >= 4 is 11.9 Å². The van der Waals surface area contributed by atoms with Crippen LogP contribution < -0.4 is 0 Å². The number of esters is 2. The van der Waals surface area contributed by atoms with Crippen molar-refractivity contribution in [1.82, 2.24) is 0 Å². The van der Waals surface area contributed by atoms with E-state index in [4.69, 9.17) is 9.47 Å². The van der Waals surface area contributed by atoms with E-state index in [1.165, 1.54) is 6.92 Å². The van der Waals surface area contributed by atoms with Crippen molar-refractivity contribution in [1.29, 1.82) is 0 Å². The van der Waals surface area contributed by atoms with Crippen LogP contribution >= 0.6 is 0 Å². The van der Waals surface area contributed by atoms with Crippen molar-refractivity contribution < 1.29 is 24.2 Å². The normalized spacial score (nSPS) is 55.1. The quantitative estimate of drug-likeness (QED) is 0.586. The van der Waals surface area contributed by atoms with Crippen LogP contribution in [0.15, 0.2) is 12.2 Å². The predicted octanol–water partition coefficient (Wildman–Crippen LogP) is 1.44. The molecule has 0 aromatic heterocycles. The third-order valence-electron chi connectivity index (χ3n) is 6.91. The first-order chi connectivity index (χ1) is 10.2. The average Bonchev–Trinajstić information content (AvgIpc) is 3.02. The minimum atomic E-state index is -0.940. The van der Waals surface area contributed by atoms with Crippen LogP contribution in [0.4, 0.5) is 0 Å². The van der Waals surface area contributed by atoms with E-state index >= 15 is 0 Å². The first kappa shape index (κ1) is 14.2. The number of hydrogen-bond donors (Lipinski definition) is 1. The maximum atomic E-state index is 12.3.